The van der Waals surface area contributed by atoms with Crippen molar-refractivity contribution in [1.82, 2.24) is 5.32 Å². The predicted octanol–water partition coefficient (Wildman–Crippen LogP) is 3.83. The third-order valence-electron chi connectivity index (χ3n) is 4.54. The van der Waals surface area contributed by atoms with Gasteiger partial charge in [-0.1, -0.05) is 44.2 Å². The van der Waals surface area contributed by atoms with Gasteiger partial charge in [-0.2, -0.15) is 0 Å². The van der Waals surface area contributed by atoms with Crippen LogP contribution in [0.1, 0.15) is 52.2 Å². The van der Waals surface area contributed by atoms with Gasteiger partial charge in [-0.05, 0) is 31.7 Å². The van der Waals surface area contributed by atoms with Crippen LogP contribution < -0.4 is 10.1 Å². The molecule has 1 atom stereocenters. The minimum atomic E-state index is -0.773. The molecule has 1 unspecified atom stereocenters. The number of aryl methyl sites for hydroxylation is 1. The van der Waals surface area contributed by atoms with Crippen molar-refractivity contribution in [3.8, 4) is 5.75 Å². The summed E-state index contributed by atoms with van der Waals surface area (Å²) in [5.74, 6) is -0.318. The van der Waals surface area contributed by atoms with Crippen molar-refractivity contribution in [3.63, 3.8) is 0 Å². The molecule has 0 radical (unpaired) electrons. The van der Waals surface area contributed by atoms with Crippen LogP contribution >= 0.6 is 0 Å². The molecule has 1 amide bonds. The van der Waals surface area contributed by atoms with E-state index in [-0.39, 0.29) is 11.7 Å². The SMILES string of the molecule is CC(=O)CC(C)(C)c1c(C)cc2ccccc2c1OC(=O)C(C)NC(C)=O. The van der Waals surface area contributed by atoms with Crippen LogP contribution in [-0.2, 0) is 19.8 Å². The van der Waals surface area contributed by atoms with Crippen LogP contribution in [0.4, 0.5) is 0 Å². The Morgan fingerprint density at radius 3 is 2.37 bits per heavy atom. The Bertz CT molecular complexity index is 899. The number of ether oxygens (including phenoxy) is 1. The van der Waals surface area contributed by atoms with Gasteiger partial charge in [0.05, 0.1) is 0 Å². The van der Waals surface area contributed by atoms with Crippen molar-refractivity contribution >= 4 is 28.4 Å². The molecule has 0 aliphatic carbocycles. The highest BCUT2D eigenvalue weighted by Gasteiger charge is 2.31. The Morgan fingerprint density at radius 1 is 1.15 bits per heavy atom. The molecule has 144 valence electrons. The number of esters is 1. The maximum atomic E-state index is 12.6. The Morgan fingerprint density at radius 2 is 1.78 bits per heavy atom. The van der Waals surface area contributed by atoms with Gasteiger partial charge in [0.1, 0.15) is 17.6 Å². The molecule has 0 aliphatic rings. The molecule has 2 aromatic carbocycles. The molecule has 0 fully saturated rings. The quantitative estimate of drug-likeness (QED) is 0.620. The number of benzene rings is 2. The fraction of sp³-hybridized carbons (Fsp3) is 0.409. The largest absolute Gasteiger partial charge is 0.424 e. The van der Waals surface area contributed by atoms with E-state index in [1.807, 2.05) is 51.1 Å². The van der Waals surface area contributed by atoms with E-state index in [0.29, 0.717) is 12.2 Å². The number of rotatable bonds is 6. The van der Waals surface area contributed by atoms with Crippen LogP contribution in [-0.4, -0.2) is 23.7 Å². The topological polar surface area (TPSA) is 72.5 Å². The molecule has 0 aromatic heterocycles. The molecule has 27 heavy (non-hydrogen) atoms. The lowest BCUT2D eigenvalue weighted by Crippen LogP contribution is -2.40. The van der Waals surface area contributed by atoms with Crippen molar-refractivity contribution in [2.24, 2.45) is 0 Å². The number of Topliss-reactive ketones (excluding diaryl/α,β-unsaturated/α-hetero) is 1. The number of amides is 1. The minimum Gasteiger partial charge on any atom is -0.424 e. The van der Waals surface area contributed by atoms with Gasteiger partial charge in [0, 0.05) is 29.7 Å². The second kappa shape index (κ2) is 7.91. The molecule has 0 spiro atoms. The van der Waals surface area contributed by atoms with Crippen LogP contribution in [0.25, 0.3) is 10.8 Å². The van der Waals surface area contributed by atoms with Gasteiger partial charge < -0.3 is 10.1 Å². The van der Waals surface area contributed by atoms with Gasteiger partial charge in [0.2, 0.25) is 5.91 Å². The van der Waals surface area contributed by atoms with Gasteiger partial charge in [0.25, 0.3) is 0 Å². The first-order chi connectivity index (χ1) is 12.5. The smallest absolute Gasteiger partial charge is 0.333 e. The van der Waals surface area contributed by atoms with Gasteiger partial charge >= 0.3 is 5.97 Å². The molecule has 5 heteroatoms. The first kappa shape index (κ1) is 20.6. The highest BCUT2D eigenvalue weighted by Crippen LogP contribution is 2.42. The fourth-order valence-corrected chi connectivity index (χ4v) is 3.66. The Kier molecular flexibility index (Phi) is 6.04. The molecule has 0 heterocycles. The molecular formula is C22H27NO4. The lowest BCUT2D eigenvalue weighted by Gasteiger charge is -2.29. The maximum absolute atomic E-state index is 12.6. The molecule has 0 saturated heterocycles. The second-order valence-corrected chi connectivity index (χ2v) is 7.72. The zero-order valence-corrected chi connectivity index (χ0v) is 16.8. The van der Waals surface area contributed by atoms with Crippen LogP contribution in [0.2, 0.25) is 0 Å². The highest BCUT2D eigenvalue weighted by atomic mass is 16.5. The van der Waals surface area contributed by atoms with Crippen molar-refractivity contribution in [3.05, 3.63) is 41.5 Å². The standard InChI is InChI=1S/C22H27NO4/c1-13-11-17-9-7-8-10-18(17)20(19(13)22(5,6)12-14(2)24)27-21(26)15(3)23-16(4)25/h7-11,15H,12H2,1-6H3,(H,23,25). The minimum absolute atomic E-state index is 0.0662. The van der Waals surface area contributed by atoms with E-state index in [1.54, 1.807) is 13.8 Å². The van der Waals surface area contributed by atoms with Gasteiger partial charge in [-0.3, -0.25) is 9.59 Å². The Balaban J connectivity index is 2.63. The summed E-state index contributed by atoms with van der Waals surface area (Å²) in [5.41, 5.74) is 1.28. The number of fused-ring (bicyclic) bond motifs is 1. The molecular weight excluding hydrogens is 342 g/mol. The van der Waals surface area contributed by atoms with E-state index in [4.69, 9.17) is 4.74 Å². The van der Waals surface area contributed by atoms with E-state index in [1.165, 1.54) is 6.92 Å². The summed E-state index contributed by atoms with van der Waals surface area (Å²) >= 11 is 0. The molecule has 5 nitrogen and oxygen atoms in total. The third-order valence-corrected chi connectivity index (χ3v) is 4.54. The number of nitrogens with one attached hydrogen (secondary N) is 1. The molecule has 0 aliphatic heterocycles. The summed E-state index contributed by atoms with van der Waals surface area (Å²) in [4.78, 5) is 35.7. The average molecular weight is 369 g/mol. The monoisotopic (exact) mass is 369 g/mol. The normalized spacial score (nSPS) is 12.5. The second-order valence-electron chi connectivity index (χ2n) is 7.72. The van der Waals surface area contributed by atoms with E-state index >= 15 is 0 Å². The maximum Gasteiger partial charge on any atom is 0.333 e. The van der Waals surface area contributed by atoms with Crippen LogP contribution in [0, 0.1) is 6.92 Å². The lowest BCUT2D eigenvalue weighted by atomic mass is 9.76. The summed E-state index contributed by atoms with van der Waals surface area (Å²) in [6, 6.07) is 8.93. The molecule has 0 saturated carbocycles. The Hall–Kier alpha value is -2.69. The van der Waals surface area contributed by atoms with E-state index < -0.39 is 17.4 Å². The van der Waals surface area contributed by atoms with E-state index in [2.05, 4.69) is 5.32 Å². The summed E-state index contributed by atoms with van der Waals surface area (Å²) in [7, 11) is 0. The van der Waals surface area contributed by atoms with Gasteiger partial charge in [0.15, 0.2) is 0 Å². The summed E-state index contributed by atoms with van der Waals surface area (Å²) in [6.07, 6.45) is 0.331. The molecule has 2 rings (SSSR count). The third kappa shape index (κ3) is 4.73. The summed E-state index contributed by atoms with van der Waals surface area (Å²) in [6.45, 7) is 10.4. The van der Waals surface area contributed by atoms with Crippen LogP contribution in [0.15, 0.2) is 30.3 Å². The fourth-order valence-electron chi connectivity index (χ4n) is 3.66. The average Bonchev–Trinajstić information content (AvgIpc) is 2.52. The van der Waals surface area contributed by atoms with Crippen LogP contribution in [0.3, 0.4) is 0 Å². The van der Waals surface area contributed by atoms with Crippen molar-refractivity contribution in [2.75, 3.05) is 0 Å². The van der Waals surface area contributed by atoms with Crippen molar-refractivity contribution in [2.45, 2.75) is 59.4 Å². The number of hydrogen-bond acceptors (Lipinski definition) is 4. The number of carbonyl (C=O) groups excluding carboxylic acids is 3. The first-order valence-electron chi connectivity index (χ1n) is 9.04. The predicted molar refractivity (Wildman–Crippen MR) is 106 cm³/mol. The number of hydrogen-bond donors (Lipinski definition) is 1. The number of ketones is 1. The zero-order chi connectivity index (χ0) is 20.4. The molecule has 0 bridgehead atoms. The Labute approximate surface area is 160 Å². The van der Waals surface area contributed by atoms with Crippen molar-refractivity contribution < 1.29 is 19.1 Å². The van der Waals surface area contributed by atoms with Crippen molar-refractivity contribution in [1.29, 1.82) is 0 Å². The van der Waals surface area contributed by atoms with Crippen LogP contribution in [0.5, 0.6) is 5.75 Å². The highest BCUT2D eigenvalue weighted by molar-refractivity contribution is 5.94. The zero-order valence-electron chi connectivity index (χ0n) is 16.8. The lowest BCUT2D eigenvalue weighted by molar-refractivity contribution is -0.138. The van der Waals surface area contributed by atoms with Gasteiger partial charge in [-0.15, -0.1) is 0 Å². The summed E-state index contributed by atoms with van der Waals surface area (Å²) in [5, 5.41) is 4.30. The van der Waals surface area contributed by atoms with E-state index in [9.17, 15) is 14.4 Å². The van der Waals surface area contributed by atoms with E-state index in [0.717, 1.165) is 21.9 Å². The first-order valence-corrected chi connectivity index (χ1v) is 9.04. The molecule has 2 aromatic rings. The summed E-state index contributed by atoms with van der Waals surface area (Å²) < 4.78 is 5.81. The molecule has 1 N–H and O–H groups in total. The number of carbonyl (C=O) groups is 3. The van der Waals surface area contributed by atoms with Gasteiger partial charge in [-0.25, -0.2) is 4.79 Å².